The number of hydrogen-bond donors (Lipinski definition) is 0. The van der Waals surface area contributed by atoms with Crippen molar-refractivity contribution in [2.75, 3.05) is 13.2 Å². The molecule has 0 aliphatic heterocycles. The maximum absolute atomic E-state index is 11.2. The summed E-state index contributed by atoms with van der Waals surface area (Å²) >= 11 is 0. The normalized spacial score (nSPS) is 10.6. The third kappa shape index (κ3) is 35.7. The fourth-order valence-electron chi connectivity index (χ4n) is 3.86. The molecule has 5 heteroatoms. The summed E-state index contributed by atoms with van der Waals surface area (Å²) in [4.78, 5) is 22.4. The summed E-state index contributed by atoms with van der Waals surface area (Å²) < 4.78 is 10.3. The monoisotopic (exact) mass is 632 g/mol. The first-order valence-corrected chi connectivity index (χ1v) is 15.7. The van der Waals surface area contributed by atoms with Crippen LogP contribution in [0.2, 0.25) is 0 Å². The molecule has 0 N–H and O–H groups in total. The average molecular weight is 632 g/mol. The van der Waals surface area contributed by atoms with Crippen molar-refractivity contribution in [2.24, 2.45) is 11.8 Å². The Labute approximate surface area is 249 Å². The van der Waals surface area contributed by atoms with Crippen LogP contribution < -0.4 is 0 Å². The zero-order valence-electron chi connectivity index (χ0n) is 25.8. The van der Waals surface area contributed by atoms with E-state index in [1.165, 1.54) is 116 Å². The van der Waals surface area contributed by atoms with Crippen LogP contribution in [0.5, 0.6) is 0 Å². The third-order valence-electron chi connectivity index (χ3n) is 6.43. The molecule has 0 aromatic rings. The molecule has 4 nitrogen and oxygen atoms in total. The van der Waals surface area contributed by atoms with Crippen LogP contribution in [0.15, 0.2) is 0 Å². The number of carbonyl (C=O) groups excluding carboxylic acids is 2. The Morgan fingerprint density at radius 2 is 0.649 bits per heavy atom. The molecule has 0 atom stereocenters. The number of unbranched alkanes of at least 4 members (excludes halogenated alkanes) is 18. The van der Waals surface area contributed by atoms with Gasteiger partial charge in [-0.15, -0.1) is 0 Å². The van der Waals surface area contributed by atoms with E-state index in [0.717, 1.165) is 12.8 Å². The fourth-order valence-corrected chi connectivity index (χ4v) is 3.86. The average Bonchev–Trinajstić information content (AvgIpc) is 2.85. The van der Waals surface area contributed by atoms with Gasteiger partial charge in [-0.25, -0.2) is 0 Å². The van der Waals surface area contributed by atoms with Crippen LogP contribution in [0.3, 0.4) is 0 Å². The van der Waals surface area contributed by atoms with Gasteiger partial charge in [-0.3, -0.25) is 9.59 Å². The summed E-state index contributed by atoms with van der Waals surface area (Å²) in [7, 11) is 0. The molecule has 0 spiro atoms. The van der Waals surface area contributed by atoms with E-state index < -0.39 is 0 Å². The van der Waals surface area contributed by atoms with Gasteiger partial charge in [-0.2, -0.15) is 0 Å². The predicted molar refractivity (Wildman–Crippen MR) is 161 cm³/mol. The zero-order valence-corrected chi connectivity index (χ0v) is 28.7. The number of hydrogen-bond acceptors (Lipinski definition) is 4. The van der Waals surface area contributed by atoms with E-state index in [2.05, 4.69) is 13.8 Å². The second-order valence-corrected chi connectivity index (χ2v) is 11.0. The molecule has 0 aromatic carbocycles. The Morgan fingerprint density at radius 3 is 0.865 bits per heavy atom. The van der Waals surface area contributed by atoms with Crippen molar-refractivity contribution in [3.8, 4) is 0 Å². The minimum atomic E-state index is -0.0640. The summed E-state index contributed by atoms with van der Waals surface area (Å²) in [6, 6.07) is 0. The van der Waals surface area contributed by atoms with E-state index in [4.69, 9.17) is 9.47 Å². The Hall–Kier alpha value is -0.261. The first kappa shape index (κ1) is 41.2. The number of carbonyl (C=O) groups is 2. The molecule has 0 saturated carbocycles. The second-order valence-electron chi connectivity index (χ2n) is 11.0. The number of rotatable bonds is 24. The standard InChI is InChI=1S/2C16H32O2.Sn/c2*1-4-5-6-7-8-9-10-11-12-13-14-18-16(17)15(2)3;/h2*15H,4-14H2,1-3H3;. The first-order chi connectivity index (χ1) is 17.4. The Balaban J connectivity index is -0.000000608. The van der Waals surface area contributed by atoms with Gasteiger partial charge in [0.25, 0.3) is 0 Å². The van der Waals surface area contributed by atoms with Crippen molar-refractivity contribution >= 4 is 35.8 Å². The molecule has 4 radical (unpaired) electrons. The van der Waals surface area contributed by atoms with Crippen molar-refractivity contribution in [1.82, 2.24) is 0 Å². The molecule has 37 heavy (non-hydrogen) atoms. The summed E-state index contributed by atoms with van der Waals surface area (Å²) in [5, 5.41) is 0. The van der Waals surface area contributed by atoms with Gasteiger partial charge in [0.1, 0.15) is 0 Å². The van der Waals surface area contributed by atoms with Crippen LogP contribution in [-0.4, -0.2) is 49.1 Å². The van der Waals surface area contributed by atoms with Crippen molar-refractivity contribution in [3.05, 3.63) is 0 Å². The van der Waals surface area contributed by atoms with Crippen LogP contribution in [-0.2, 0) is 19.1 Å². The second kappa shape index (κ2) is 33.8. The van der Waals surface area contributed by atoms with E-state index >= 15 is 0 Å². The van der Waals surface area contributed by atoms with Crippen molar-refractivity contribution in [3.63, 3.8) is 0 Å². The van der Waals surface area contributed by atoms with Crippen LogP contribution in [0.4, 0.5) is 0 Å². The van der Waals surface area contributed by atoms with E-state index in [9.17, 15) is 9.59 Å². The quantitative estimate of drug-likeness (QED) is 0.0605. The number of ether oxygens (including phenoxy) is 2. The molecule has 0 unspecified atom stereocenters. The van der Waals surface area contributed by atoms with Gasteiger partial charge < -0.3 is 9.47 Å². The largest absolute Gasteiger partial charge is 0.465 e. The molecule has 0 heterocycles. The molecule has 0 aliphatic rings. The molecular formula is C32H64O4Sn. The van der Waals surface area contributed by atoms with Gasteiger partial charge in [-0.1, -0.05) is 157 Å². The molecule has 0 saturated heterocycles. The van der Waals surface area contributed by atoms with Crippen LogP contribution in [0.25, 0.3) is 0 Å². The van der Waals surface area contributed by atoms with Gasteiger partial charge in [0.05, 0.1) is 25.0 Å². The van der Waals surface area contributed by atoms with E-state index in [1.54, 1.807) is 0 Å². The molecule has 0 aliphatic carbocycles. The maximum Gasteiger partial charge on any atom is 0.308 e. The maximum atomic E-state index is 11.2. The van der Waals surface area contributed by atoms with Gasteiger partial charge in [-0.05, 0) is 12.8 Å². The van der Waals surface area contributed by atoms with Gasteiger partial charge in [0.2, 0.25) is 0 Å². The van der Waals surface area contributed by atoms with Gasteiger partial charge >= 0.3 is 11.9 Å². The molecule has 0 rings (SSSR count). The minimum Gasteiger partial charge on any atom is -0.465 e. The molecular weight excluding hydrogens is 567 g/mol. The van der Waals surface area contributed by atoms with E-state index in [1.807, 2.05) is 27.7 Å². The van der Waals surface area contributed by atoms with Crippen molar-refractivity contribution in [2.45, 2.75) is 170 Å². The zero-order chi connectivity index (χ0) is 27.3. The summed E-state index contributed by atoms with van der Waals surface area (Å²) in [6.45, 7) is 13.2. The van der Waals surface area contributed by atoms with Gasteiger partial charge in [0.15, 0.2) is 0 Å². The van der Waals surface area contributed by atoms with E-state index in [0.29, 0.717) is 13.2 Å². The van der Waals surface area contributed by atoms with Crippen LogP contribution in [0, 0.1) is 11.8 Å². The van der Waals surface area contributed by atoms with Crippen molar-refractivity contribution < 1.29 is 19.1 Å². The SMILES string of the molecule is CCCCCCCCCCCCOC(=O)C(C)C.CCCCCCCCCCCCOC(=O)C(C)C.[Sn]. The van der Waals surface area contributed by atoms with Crippen LogP contribution in [0.1, 0.15) is 170 Å². The molecule has 0 amide bonds. The third-order valence-corrected chi connectivity index (χ3v) is 6.43. The predicted octanol–water partition coefficient (Wildman–Crippen LogP) is 9.83. The number of esters is 2. The Bertz CT molecular complexity index is 424. The smallest absolute Gasteiger partial charge is 0.308 e. The molecule has 0 bridgehead atoms. The van der Waals surface area contributed by atoms with Gasteiger partial charge in [0, 0.05) is 23.9 Å². The summed E-state index contributed by atoms with van der Waals surface area (Å²) in [6.07, 6.45) is 26.3. The molecule has 220 valence electrons. The summed E-state index contributed by atoms with van der Waals surface area (Å²) in [5.74, 6) is -0.113. The van der Waals surface area contributed by atoms with Crippen LogP contribution >= 0.6 is 0 Å². The topological polar surface area (TPSA) is 52.6 Å². The first-order valence-electron chi connectivity index (χ1n) is 15.7. The molecule has 0 aromatic heterocycles. The Morgan fingerprint density at radius 1 is 0.432 bits per heavy atom. The molecule has 0 fully saturated rings. The summed E-state index contributed by atoms with van der Waals surface area (Å²) in [5.41, 5.74) is 0. The van der Waals surface area contributed by atoms with Crippen molar-refractivity contribution in [1.29, 1.82) is 0 Å². The minimum absolute atomic E-state index is 0. The Kier molecular flexibility index (Phi) is 37.6. The van der Waals surface area contributed by atoms with E-state index in [-0.39, 0.29) is 47.7 Å². The fraction of sp³-hybridized carbons (Fsp3) is 0.938.